The molecule has 2 N–H and O–H groups in total. The van der Waals surface area contributed by atoms with Crippen molar-refractivity contribution in [3.8, 4) is 0 Å². The number of nitrogens with two attached hydrogens (primary N) is 1. The lowest BCUT2D eigenvalue weighted by molar-refractivity contribution is 0.636. The Kier molecular flexibility index (Phi) is 6.73. The van der Waals surface area contributed by atoms with Crippen molar-refractivity contribution >= 4 is 35.0 Å². The van der Waals surface area contributed by atoms with Gasteiger partial charge in [0.2, 0.25) is 0 Å². The molecule has 0 radical (unpaired) electrons. The number of hydrogen-bond donors (Lipinski definition) is 1. The van der Waals surface area contributed by atoms with Gasteiger partial charge in [0, 0.05) is 9.61 Å². The molecule has 0 saturated heterocycles. The Bertz CT molecular complexity index is 252. The molecule has 1 atom stereocenters. The molecule has 1 rings (SSSR count). The summed E-state index contributed by atoms with van der Waals surface area (Å²) in [5.74, 6) is 0. The first-order valence-electron chi connectivity index (χ1n) is 4.25. The molecular weight excluding hydrogens is 296 g/mol. The van der Waals surface area contributed by atoms with E-state index in [-0.39, 0.29) is 18.4 Å². The molecule has 13 heavy (non-hydrogen) atoms. The molecule has 0 fully saturated rings. The Labute approximate surface area is 99.6 Å². The second-order valence-corrected chi connectivity index (χ2v) is 4.08. The maximum absolute atomic E-state index is 6.00. The van der Waals surface area contributed by atoms with Crippen LogP contribution in [-0.4, -0.2) is 0 Å². The monoisotopic (exact) mass is 311 g/mol. The lowest BCUT2D eigenvalue weighted by Gasteiger charge is -2.11. The molecule has 0 spiro atoms. The molecule has 1 aromatic rings. The molecule has 0 aliphatic carbocycles. The fraction of sp³-hybridized carbons (Fsp3) is 0.400. The van der Waals surface area contributed by atoms with Gasteiger partial charge in [0.1, 0.15) is 0 Å². The average molecular weight is 312 g/mol. The SMILES string of the molecule is CCC[C@H](N)c1ccccc1I.Cl. The lowest BCUT2D eigenvalue weighted by atomic mass is 10.0. The van der Waals surface area contributed by atoms with E-state index in [1.807, 2.05) is 12.1 Å². The van der Waals surface area contributed by atoms with Crippen molar-refractivity contribution in [1.29, 1.82) is 0 Å². The van der Waals surface area contributed by atoms with E-state index in [9.17, 15) is 0 Å². The predicted molar refractivity (Wildman–Crippen MR) is 68.2 cm³/mol. The Morgan fingerprint density at radius 2 is 2.00 bits per heavy atom. The molecule has 3 heteroatoms. The summed E-state index contributed by atoms with van der Waals surface area (Å²) in [4.78, 5) is 0. The van der Waals surface area contributed by atoms with Crippen LogP contribution in [0.4, 0.5) is 0 Å². The molecule has 1 aromatic carbocycles. The van der Waals surface area contributed by atoms with Crippen LogP contribution in [-0.2, 0) is 0 Å². The highest BCUT2D eigenvalue weighted by atomic mass is 127. The lowest BCUT2D eigenvalue weighted by Crippen LogP contribution is -2.10. The van der Waals surface area contributed by atoms with Gasteiger partial charge in [-0.1, -0.05) is 31.5 Å². The van der Waals surface area contributed by atoms with E-state index in [1.54, 1.807) is 0 Å². The van der Waals surface area contributed by atoms with Crippen molar-refractivity contribution in [1.82, 2.24) is 0 Å². The summed E-state index contributed by atoms with van der Waals surface area (Å²) in [5.41, 5.74) is 7.28. The first-order chi connectivity index (χ1) is 5.75. The van der Waals surface area contributed by atoms with Gasteiger partial charge in [-0.15, -0.1) is 12.4 Å². The Balaban J connectivity index is 0.00000144. The quantitative estimate of drug-likeness (QED) is 0.849. The van der Waals surface area contributed by atoms with Gasteiger partial charge in [0.05, 0.1) is 0 Å². The van der Waals surface area contributed by atoms with Gasteiger partial charge in [-0.05, 0) is 40.6 Å². The second kappa shape index (κ2) is 6.62. The summed E-state index contributed by atoms with van der Waals surface area (Å²) < 4.78 is 1.27. The molecule has 0 aliphatic rings. The highest BCUT2D eigenvalue weighted by Gasteiger charge is 2.06. The van der Waals surface area contributed by atoms with Crippen molar-refractivity contribution in [3.63, 3.8) is 0 Å². The summed E-state index contributed by atoms with van der Waals surface area (Å²) >= 11 is 2.34. The van der Waals surface area contributed by atoms with Crippen LogP contribution in [0.25, 0.3) is 0 Å². The fourth-order valence-corrected chi connectivity index (χ4v) is 2.03. The highest BCUT2D eigenvalue weighted by Crippen LogP contribution is 2.20. The molecule has 0 amide bonds. The maximum Gasteiger partial charge on any atom is 0.0305 e. The molecule has 0 aliphatic heterocycles. The molecule has 0 unspecified atom stereocenters. The fourth-order valence-electron chi connectivity index (χ4n) is 1.24. The second-order valence-electron chi connectivity index (χ2n) is 2.92. The van der Waals surface area contributed by atoms with Crippen molar-refractivity contribution in [3.05, 3.63) is 33.4 Å². The van der Waals surface area contributed by atoms with Gasteiger partial charge in [0.25, 0.3) is 0 Å². The van der Waals surface area contributed by atoms with Crippen LogP contribution >= 0.6 is 35.0 Å². The van der Waals surface area contributed by atoms with Crippen molar-refractivity contribution in [2.75, 3.05) is 0 Å². The molecule has 0 heterocycles. The van der Waals surface area contributed by atoms with Crippen LogP contribution in [0.15, 0.2) is 24.3 Å². The Morgan fingerprint density at radius 3 is 2.54 bits per heavy atom. The van der Waals surface area contributed by atoms with Gasteiger partial charge < -0.3 is 5.73 Å². The van der Waals surface area contributed by atoms with E-state index in [2.05, 4.69) is 41.6 Å². The number of hydrogen-bond acceptors (Lipinski definition) is 1. The van der Waals surface area contributed by atoms with E-state index >= 15 is 0 Å². The third kappa shape index (κ3) is 3.83. The highest BCUT2D eigenvalue weighted by molar-refractivity contribution is 14.1. The van der Waals surface area contributed by atoms with E-state index < -0.39 is 0 Å². The standard InChI is InChI=1S/C10H14IN.ClH/c1-2-5-10(12)8-6-3-4-7-9(8)11;/h3-4,6-7,10H,2,5,12H2,1H3;1H/t10-;/m0./s1. The minimum atomic E-state index is 0. The normalized spacial score (nSPS) is 11.9. The van der Waals surface area contributed by atoms with Crippen LogP contribution in [0.2, 0.25) is 0 Å². The van der Waals surface area contributed by atoms with Crippen LogP contribution in [0, 0.1) is 3.57 Å². The van der Waals surface area contributed by atoms with E-state index in [0.717, 1.165) is 12.8 Å². The van der Waals surface area contributed by atoms with E-state index in [1.165, 1.54) is 9.13 Å². The van der Waals surface area contributed by atoms with Gasteiger partial charge in [-0.3, -0.25) is 0 Å². The summed E-state index contributed by atoms with van der Waals surface area (Å²) in [6, 6.07) is 8.52. The van der Waals surface area contributed by atoms with Crippen molar-refractivity contribution in [2.24, 2.45) is 5.73 Å². The van der Waals surface area contributed by atoms with Crippen LogP contribution in [0.5, 0.6) is 0 Å². The molecule has 0 bridgehead atoms. The largest absolute Gasteiger partial charge is 0.324 e. The molecule has 74 valence electrons. The van der Waals surface area contributed by atoms with E-state index in [0.29, 0.717) is 0 Å². The summed E-state index contributed by atoms with van der Waals surface area (Å²) in [6.45, 7) is 2.16. The maximum atomic E-state index is 6.00. The van der Waals surface area contributed by atoms with Gasteiger partial charge >= 0.3 is 0 Å². The minimum Gasteiger partial charge on any atom is -0.324 e. The number of halogens is 2. The first kappa shape index (κ1) is 13.2. The first-order valence-corrected chi connectivity index (χ1v) is 5.33. The van der Waals surface area contributed by atoms with Crippen molar-refractivity contribution < 1.29 is 0 Å². The zero-order chi connectivity index (χ0) is 8.97. The molecule has 0 aromatic heterocycles. The average Bonchev–Trinajstić information content (AvgIpc) is 2.05. The summed E-state index contributed by atoms with van der Waals surface area (Å²) in [7, 11) is 0. The molecule has 0 saturated carbocycles. The topological polar surface area (TPSA) is 26.0 Å². The van der Waals surface area contributed by atoms with Gasteiger partial charge in [-0.2, -0.15) is 0 Å². The van der Waals surface area contributed by atoms with Crippen LogP contribution < -0.4 is 5.73 Å². The van der Waals surface area contributed by atoms with Crippen molar-refractivity contribution in [2.45, 2.75) is 25.8 Å². The van der Waals surface area contributed by atoms with Crippen LogP contribution in [0.1, 0.15) is 31.4 Å². The molecular formula is C10H15ClIN. The Hall–Kier alpha value is 0.200. The predicted octanol–water partition coefficient (Wildman–Crippen LogP) is 3.51. The summed E-state index contributed by atoms with van der Waals surface area (Å²) in [5, 5.41) is 0. The minimum absolute atomic E-state index is 0. The third-order valence-corrected chi connectivity index (χ3v) is 2.89. The van der Waals surface area contributed by atoms with Gasteiger partial charge in [-0.25, -0.2) is 0 Å². The zero-order valence-electron chi connectivity index (χ0n) is 7.66. The summed E-state index contributed by atoms with van der Waals surface area (Å²) in [6.07, 6.45) is 2.21. The van der Waals surface area contributed by atoms with Crippen LogP contribution in [0.3, 0.4) is 0 Å². The Morgan fingerprint density at radius 1 is 1.38 bits per heavy atom. The number of benzene rings is 1. The van der Waals surface area contributed by atoms with Gasteiger partial charge in [0.15, 0.2) is 0 Å². The zero-order valence-corrected chi connectivity index (χ0v) is 10.6. The third-order valence-electron chi connectivity index (χ3n) is 1.90. The van der Waals surface area contributed by atoms with E-state index in [4.69, 9.17) is 5.73 Å². The number of rotatable bonds is 3. The molecule has 1 nitrogen and oxygen atoms in total. The smallest absolute Gasteiger partial charge is 0.0305 e.